The molecule has 1 radical (unpaired) electrons. The maximum Gasteiger partial charge on any atom is 0.307 e. The van der Waals surface area contributed by atoms with E-state index in [1.807, 2.05) is 0 Å². The molecule has 0 aliphatic heterocycles. The Morgan fingerprint density at radius 2 is 2.14 bits per heavy atom. The topological polar surface area (TPSA) is 102 Å². The Labute approximate surface area is 149 Å². The van der Waals surface area contributed by atoms with E-state index in [9.17, 15) is 14.7 Å². The number of phenols is 1. The van der Waals surface area contributed by atoms with Crippen molar-refractivity contribution in [3.63, 3.8) is 0 Å². The summed E-state index contributed by atoms with van der Waals surface area (Å²) in [5.74, 6) is -0.855. The Hall–Kier alpha value is -0.976. The van der Waals surface area contributed by atoms with Gasteiger partial charge in [-0.25, -0.2) is 0 Å². The summed E-state index contributed by atoms with van der Waals surface area (Å²) >= 11 is 0. The van der Waals surface area contributed by atoms with Crippen molar-refractivity contribution in [1.82, 2.24) is 5.32 Å². The van der Waals surface area contributed by atoms with E-state index in [0.29, 0.717) is 11.1 Å². The van der Waals surface area contributed by atoms with E-state index in [0.717, 1.165) is 0 Å². The molecule has 1 aromatic carbocycles. The first-order valence-electron chi connectivity index (χ1n) is 6.34. The molecule has 1 amide bonds. The fraction of sp³-hybridized carbons (Fsp3) is 0.429. The number of rotatable bonds is 6. The second-order valence-electron chi connectivity index (χ2n) is 4.28. The minimum Gasteiger partial charge on any atom is -0.533 e. The summed E-state index contributed by atoms with van der Waals surface area (Å²) in [6.45, 7) is 3.46. The van der Waals surface area contributed by atoms with Crippen molar-refractivity contribution in [2.75, 3.05) is 13.2 Å². The van der Waals surface area contributed by atoms with Crippen LogP contribution in [-0.4, -0.2) is 30.1 Å². The van der Waals surface area contributed by atoms with Gasteiger partial charge in [-0.3, -0.25) is 9.59 Å². The van der Waals surface area contributed by atoms with Gasteiger partial charge in [0.25, 0.3) is 0 Å². The number of esters is 1. The third kappa shape index (κ3) is 6.12. The van der Waals surface area contributed by atoms with Crippen molar-refractivity contribution in [3.05, 3.63) is 29.3 Å². The van der Waals surface area contributed by atoms with Crippen LogP contribution in [0.2, 0.25) is 0 Å². The van der Waals surface area contributed by atoms with Crippen molar-refractivity contribution >= 4 is 11.9 Å². The molecule has 0 aliphatic rings. The summed E-state index contributed by atoms with van der Waals surface area (Å²) in [5, 5.41) is 12.6. The predicted molar refractivity (Wildman–Crippen MR) is 72.9 cm³/mol. The summed E-state index contributed by atoms with van der Waals surface area (Å²) < 4.78 is 4.87. The van der Waals surface area contributed by atoms with E-state index in [1.165, 1.54) is 6.07 Å². The first-order valence-corrected chi connectivity index (χ1v) is 6.34. The molecule has 0 spiro atoms. The van der Waals surface area contributed by atoms with Gasteiger partial charge in [0.2, 0.25) is 5.91 Å². The second kappa shape index (κ2) is 9.87. The van der Waals surface area contributed by atoms with Gasteiger partial charge in [0.1, 0.15) is 0 Å². The molecule has 4 N–H and O–H groups in total. The van der Waals surface area contributed by atoms with E-state index in [2.05, 4.69) is 11.4 Å². The van der Waals surface area contributed by atoms with Gasteiger partial charge in [-0.1, -0.05) is 12.5 Å². The predicted octanol–water partition coefficient (Wildman–Crippen LogP) is 0.568. The number of amides is 1. The number of ether oxygens (including phenoxy) is 1. The van der Waals surface area contributed by atoms with Gasteiger partial charge in [0, 0.05) is 44.5 Å². The van der Waals surface area contributed by atoms with Crippen LogP contribution in [0, 0.1) is 13.0 Å². The Morgan fingerprint density at radius 1 is 1.48 bits per heavy atom. The number of benzene rings is 1. The summed E-state index contributed by atoms with van der Waals surface area (Å²) in [7, 11) is 0. The van der Waals surface area contributed by atoms with Gasteiger partial charge in [-0.2, -0.15) is 18.2 Å². The van der Waals surface area contributed by atoms with Gasteiger partial charge in [0.05, 0.1) is 19.6 Å². The van der Waals surface area contributed by atoms with Crippen LogP contribution in [0.3, 0.4) is 0 Å². The Morgan fingerprint density at radius 3 is 2.71 bits per heavy atom. The van der Waals surface area contributed by atoms with E-state index in [4.69, 9.17) is 10.5 Å². The zero-order chi connectivity index (χ0) is 15.1. The molecule has 1 unspecified atom stereocenters. The summed E-state index contributed by atoms with van der Waals surface area (Å²) in [6.07, 6.45) is -0.0789. The Balaban J connectivity index is 0.00000400. The molecule has 1 rings (SSSR count). The van der Waals surface area contributed by atoms with E-state index in [1.54, 1.807) is 19.9 Å². The average Bonchev–Trinajstić information content (AvgIpc) is 2.41. The number of phenolic OH excluding ortho intramolecular Hbond substituents is 1. The molecule has 113 valence electrons. The molecule has 0 saturated heterocycles. The van der Waals surface area contributed by atoms with Gasteiger partial charge in [-0.05, 0) is 6.92 Å². The molecule has 0 saturated carbocycles. The Bertz CT molecular complexity index is 494. The van der Waals surface area contributed by atoms with E-state index >= 15 is 0 Å². The van der Waals surface area contributed by atoms with Crippen LogP contribution in [-0.2, 0) is 47.0 Å². The van der Waals surface area contributed by atoms with Crippen LogP contribution >= 0.6 is 0 Å². The number of carbonyl (C=O) groups is 2. The standard InChI is InChI=1S/C14H19N2O4.Y/c1-3-20-13(18)7-11(16-12(17)8-15)10-6-4-5-9(2)14(10)19;/h5-6,11,19H,3,7-8,15H2,1-2H3,(H,16,17);/q-1;. The fourth-order valence-corrected chi connectivity index (χ4v) is 1.77. The smallest absolute Gasteiger partial charge is 0.307 e. The number of hydrogen-bond acceptors (Lipinski definition) is 5. The van der Waals surface area contributed by atoms with Gasteiger partial charge in [0.15, 0.2) is 0 Å². The number of aryl methyl sites for hydroxylation is 1. The first-order chi connectivity index (χ1) is 9.49. The fourth-order valence-electron chi connectivity index (χ4n) is 1.77. The van der Waals surface area contributed by atoms with E-state index < -0.39 is 17.9 Å². The van der Waals surface area contributed by atoms with Crippen LogP contribution in [0.4, 0.5) is 0 Å². The van der Waals surface area contributed by atoms with Gasteiger partial charge in [-0.15, -0.1) is 5.56 Å². The van der Waals surface area contributed by atoms with Crippen molar-refractivity contribution in [2.24, 2.45) is 5.73 Å². The third-order valence-corrected chi connectivity index (χ3v) is 2.76. The number of carbonyl (C=O) groups excluding carboxylic acids is 2. The minimum atomic E-state index is -0.693. The first kappa shape index (κ1) is 20.0. The minimum absolute atomic E-state index is 0. The number of aromatic hydroxyl groups is 1. The monoisotopic (exact) mass is 368 g/mol. The van der Waals surface area contributed by atoms with Gasteiger partial charge >= 0.3 is 5.97 Å². The van der Waals surface area contributed by atoms with Crippen LogP contribution in [0.5, 0.6) is 5.75 Å². The van der Waals surface area contributed by atoms with E-state index in [-0.39, 0.29) is 58.0 Å². The molecule has 0 aliphatic carbocycles. The second-order valence-corrected chi connectivity index (χ2v) is 4.28. The largest absolute Gasteiger partial charge is 0.533 e. The summed E-state index contributed by atoms with van der Waals surface area (Å²) in [4.78, 5) is 23.0. The number of hydrogen-bond donors (Lipinski definition) is 3. The maximum absolute atomic E-state index is 11.6. The van der Waals surface area contributed by atoms with Gasteiger partial charge < -0.3 is 20.9 Å². The zero-order valence-electron chi connectivity index (χ0n) is 12.2. The molecule has 0 bridgehead atoms. The zero-order valence-corrected chi connectivity index (χ0v) is 15.0. The summed E-state index contributed by atoms with van der Waals surface area (Å²) in [5.41, 5.74) is 6.28. The molecule has 6 nitrogen and oxygen atoms in total. The molecule has 0 fully saturated rings. The van der Waals surface area contributed by atoms with Crippen LogP contribution in [0.25, 0.3) is 0 Å². The maximum atomic E-state index is 11.6. The molecule has 0 aromatic heterocycles. The normalized spacial score (nSPS) is 11.2. The van der Waals surface area contributed by atoms with Crippen molar-refractivity contribution in [1.29, 1.82) is 0 Å². The van der Waals surface area contributed by atoms with Crippen LogP contribution in [0.15, 0.2) is 12.1 Å². The molecule has 7 heteroatoms. The Kier molecular flexibility index (Phi) is 9.41. The van der Waals surface area contributed by atoms with Crippen LogP contribution in [0.1, 0.15) is 30.5 Å². The molecule has 1 aromatic rings. The number of nitrogens with two attached hydrogens (primary N) is 1. The summed E-state index contributed by atoms with van der Waals surface area (Å²) in [6, 6.07) is 5.31. The molecule has 21 heavy (non-hydrogen) atoms. The third-order valence-electron chi connectivity index (χ3n) is 2.76. The molecule has 0 heterocycles. The number of nitrogens with one attached hydrogen (secondary N) is 1. The quantitative estimate of drug-likeness (QED) is 0.503. The molecular formula is C14H19N2O4Y-. The average molecular weight is 368 g/mol. The molecule has 1 atom stereocenters. The van der Waals surface area contributed by atoms with Crippen molar-refractivity contribution in [2.45, 2.75) is 26.3 Å². The SMILES string of the molecule is CCOC(=O)CC(NC(=O)CN)c1c[c-]cc(C)c1O.[Y]. The molecular weight excluding hydrogens is 349 g/mol. The van der Waals surface area contributed by atoms with Crippen molar-refractivity contribution < 1.29 is 52.1 Å². The van der Waals surface area contributed by atoms with Crippen LogP contribution < -0.4 is 11.1 Å². The van der Waals surface area contributed by atoms with Crippen molar-refractivity contribution in [3.8, 4) is 5.75 Å².